The summed E-state index contributed by atoms with van der Waals surface area (Å²) < 4.78 is 2.31. The van der Waals surface area contributed by atoms with Gasteiger partial charge in [0.25, 0.3) is 5.56 Å². The van der Waals surface area contributed by atoms with Crippen molar-refractivity contribution in [3.05, 3.63) is 57.6 Å². The van der Waals surface area contributed by atoms with Gasteiger partial charge in [0.1, 0.15) is 0 Å². The van der Waals surface area contributed by atoms with Gasteiger partial charge in [0, 0.05) is 12.2 Å². The molecule has 3 rings (SSSR count). The topological polar surface area (TPSA) is 66.5 Å². The van der Waals surface area contributed by atoms with Crippen LogP contribution >= 0.6 is 12.2 Å². The molecule has 6 heteroatoms. The molecule has 0 aliphatic heterocycles. The zero-order valence-corrected chi connectivity index (χ0v) is 12.3. The Bertz CT molecular complexity index is 876. The number of nitrogens with one attached hydrogen (secondary N) is 2. The van der Waals surface area contributed by atoms with Gasteiger partial charge in [-0.1, -0.05) is 30.3 Å². The molecule has 2 heterocycles. The van der Waals surface area contributed by atoms with Crippen LogP contribution in [0.1, 0.15) is 6.92 Å². The molecule has 3 aromatic rings. The van der Waals surface area contributed by atoms with Crippen molar-refractivity contribution >= 4 is 12.2 Å². The van der Waals surface area contributed by atoms with Crippen LogP contribution in [-0.2, 0) is 6.54 Å². The predicted molar refractivity (Wildman–Crippen MR) is 84.6 cm³/mol. The summed E-state index contributed by atoms with van der Waals surface area (Å²) in [5.74, 6) is 0.559. The molecule has 0 atom stereocenters. The van der Waals surface area contributed by atoms with E-state index in [-0.39, 0.29) is 5.56 Å². The Morgan fingerprint density at radius 1 is 1.19 bits per heavy atom. The van der Waals surface area contributed by atoms with Gasteiger partial charge in [-0.15, -0.1) is 0 Å². The molecule has 0 spiro atoms. The molecule has 0 saturated heterocycles. The molecule has 2 N–H and O–H groups in total. The van der Waals surface area contributed by atoms with E-state index in [1.54, 1.807) is 10.6 Å². The average molecular weight is 298 g/mol. The number of benzene rings is 1. The van der Waals surface area contributed by atoms with Crippen LogP contribution < -0.4 is 5.56 Å². The van der Waals surface area contributed by atoms with Crippen LogP contribution in [-0.4, -0.2) is 19.7 Å². The van der Waals surface area contributed by atoms with Crippen LogP contribution in [0.5, 0.6) is 0 Å². The zero-order chi connectivity index (χ0) is 14.8. The highest BCUT2D eigenvalue weighted by molar-refractivity contribution is 7.71. The van der Waals surface area contributed by atoms with Gasteiger partial charge in [-0.3, -0.25) is 9.89 Å². The number of pyridine rings is 1. The largest absolute Gasteiger partial charge is 0.321 e. The van der Waals surface area contributed by atoms with Crippen LogP contribution in [0.4, 0.5) is 0 Å². The Labute approximate surface area is 126 Å². The molecule has 0 unspecified atom stereocenters. The van der Waals surface area contributed by atoms with Crippen molar-refractivity contribution < 1.29 is 0 Å². The first-order valence-electron chi connectivity index (χ1n) is 6.65. The minimum absolute atomic E-state index is 0.181. The van der Waals surface area contributed by atoms with Crippen LogP contribution in [0.2, 0.25) is 0 Å². The summed E-state index contributed by atoms with van der Waals surface area (Å²) in [6.07, 6.45) is 0. The first-order valence-corrected chi connectivity index (χ1v) is 7.06. The smallest absolute Gasteiger partial charge is 0.259 e. The molecule has 2 aromatic heterocycles. The molecule has 0 aliphatic rings. The van der Waals surface area contributed by atoms with Gasteiger partial charge < -0.3 is 9.55 Å². The van der Waals surface area contributed by atoms with Gasteiger partial charge in [-0.25, -0.2) is 0 Å². The number of hydrogen-bond acceptors (Lipinski definition) is 3. The number of hydrogen-bond donors (Lipinski definition) is 2. The van der Waals surface area contributed by atoms with E-state index in [2.05, 4.69) is 15.2 Å². The highest BCUT2D eigenvalue weighted by Gasteiger charge is 2.12. The lowest BCUT2D eigenvalue weighted by molar-refractivity contribution is 0.754. The van der Waals surface area contributed by atoms with Gasteiger partial charge in [-0.2, -0.15) is 5.10 Å². The maximum atomic E-state index is 12.3. The summed E-state index contributed by atoms with van der Waals surface area (Å²) in [4.78, 5) is 15.2. The summed E-state index contributed by atoms with van der Waals surface area (Å²) in [6.45, 7) is 2.62. The second kappa shape index (κ2) is 5.49. The van der Waals surface area contributed by atoms with E-state index < -0.39 is 0 Å². The molecule has 106 valence electrons. The maximum absolute atomic E-state index is 12.3. The van der Waals surface area contributed by atoms with Crippen molar-refractivity contribution in [2.75, 3.05) is 0 Å². The van der Waals surface area contributed by atoms with E-state index in [4.69, 9.17) is 12.2 Å². The van der Waals surface area contributed by atoms with Crippen LogP contribution in [0.25, 0.3) is 22.6 Å². The van der Waals surface area contributed by atoms with Gasteiger partial charge in [0.2, 0.25) is 0 Å². The highest BCUT2D eigenvalue weighted by atomic mass is 32.1. The fourth-order valence-corrected chi connectivity index (χ4v) is 2.51. The number of rotatable bonds is 3. The molecular weight excluding hydrogens is 284 g/mol. The second-order valence-electron chi connectivity index (χ2n) is 4.58. The number of H-pyrrole nitrogens is 2. The first kappa shape index (κ1) is 13.5. The summed E-state index contributed by atoms with van der Waals surface area (Å²) in [7, 11) is 0. The molecule has 0 aliphatic carbocycles. The van der Waals surface area contributed by atoms with Gasteiger partial charge in [-0.05, 0) is 36.8 Å². The van der Waals surface area contributed by atoms with E-state index >= 15 is 0 Å². The van der Waals surface area contributed by atoms with Gasteiger partial charge >= 0.3 is 0 Å². The van der Waals surface area contributed by atoms with Crippen LogP contribution in [0.15, 0.2) is 47.3 Å². The maximum Gasteiger partial charge on any atom is 0.259 e. The molecule has 21 heavy (non-hydrogen) atoms. The van der Waals surface area contributed by atoms with E-state index in [0.29, 0.717) is 22.7 Å². The minimum atomic E-state index is -0.181. The second-order valence-corrected chi connectivity index (χ2v) is 4.96. The monoisotopic (exact) mass is 298 g/mol. The van der Waals surface area contributed by atoms with Crippen LogP contribution in [0.3, 0.4) is 0 Å². The SMILES string of the molecule is CCn1c(-c2ccc(-c3ccccc3)[nH]c2=O)n[nH]c1=S. The van der Waals surface area contributed by atoms with Crippen molar-refractivity contribution in [1.82, 2.24) is 19.7 Å². The lowest BCUT2D eigenvalue weighted by Gasteiger charge is -2.05. The van der Waals surface area contributed by atoms with Crippen molar-refractivity contribution in [2.24, 2.45) is 0 Å². The van der Waals surface area contributed by atoms with E-state index in [1.807, 2.05) is 43.3 Å². The Hall–Kier alpha value is -2.47. The quantitative estimate of drug-likeness (QED) is 0.731. The third-order valence-corrected chi connectivity index (χ3v) is 3.62. The van der Waals surface area contributed by atoms with Crippen molar-refractivity contribution in [3.63, 3.8) is 0 Å². The summed E-state index contributed by atoms with van der Waals surface area (Å²) >= 11 is 5.15. The number of aromatic amines is 2. The molecule has 1 aromatic carbocycles. The third kappa shape index (κ3) is 2.45. The Morgan fingerprint density at radius 3 is 2.62 bits per heavy atom. The van der Waals surface area contributed by atoms with Crippen molar-refractivity contribution in [3.8, 4) is 22.6 Å². The summed E-state index contributed by atoms with van der Waals surface area (Å²) in [5, 5.41) is 6.87. The van der Waals surface area contributed by atoms with E-state index in [1.165, 1.54) is 0 Å². The van der Waals surface area contributed by atoms with Crippen molar-refractivity contribution in [1.29, 1.82) is 0 Å². The van der Waals surface area contributed by atoms with Crippen LogP contribution in [0, 0.1) is 4.77 Å². The first-order chi connectivity index (χ1) is 10.2. The zero-order valence-electron chi connectivity index (χ0n) is 11.5. The Balaban J connectivity index is 2.11. The lowest BCUT2D eigenvalue weighted by atomic mass is 10.1. The summed E-state index contributed by atoms with van der Waals surface area (Å²) in [5.41, 5.74) is 2.07. The predicted octanol–water partition coefficient (Wildman–Crippen LogP) is 2.98. The number of aromatic nitrogens is 4. The fourth-order valence-electron chi connectivity index (χ4n) is 2.25. The van der Waals surface area contributed by atoms with E-state index in [0.717, 1.165) is 11.3 Å². The van der Waals surface area contributed by atoms with Gasteiger partial charge in [0.15, 0.2) is 10.6 Å². The van der Waals surface area contributed by atoms with E-state index in [9.17, 15) is 4.79 Å². The normalized spacial score (nSPS) is 10.7. The highest BCUT2D eigenvalue weighted by Crippen LogP contribution is 2.18. The molecule has 0 fully saturated rings. The Morgan fingerprint density at radius 2 is 1.95 bits per heavy atom. The Kier molecular flexibility index (Phi) is 3.53. The molecular formula is C15H14N4OS. The van der Waals surface area contributed by atoms with Crippen molar-refractivity contribution in [2.45, 2.75) is 13.5 Å². The minimum Gasteiger partial charge on any atom is -0.321 e. The lowest BCUT2D eigenvalue weighted by Crippen LogP contribution is -2.12. The molecule has 0 bridgehead atoms. The summed E-state index contributed by atoms with van der Waals surface area (Å²) in [6, 6.07) is 13.4. The standard InChI is InChI=1S/C15H14N4OS/c1-2-19-13(17-18-15(19)21)11-8-9-12(16-14(11)20)10-6-4-3-5-7-10/h3-9H,2H2,1H3,(H,16,20)(H,18,21). The molecule has 0 radical (unpaired) electrons. The average Bonchev–Trinajstić information content (AvgIpc) is 2.88. The number of nitrogens with zero attached hydrogens (tertiary/aromatic N) is 2. The van der Waals surface area contributed by atoms with Gasteiger partial charge in [0.05, 0.1) is 5.56 Å². The third-order valence-electron chi connectivity index (χ3n) is 3.31. The molecule has 5 nitrogen and oxygen atoms in total. The molecule has 0 amide bonds. The fraction of sp³-hybridized carbons (Fsp3) is 0.133. The molecule has 0 saturated carbocycles.